The molecule has 1 unspecified atom stereocenters. The second kappa shape index (κ2) is 5.53. The lowest BCUT2D eigenvalue weighted by atomic mass is 9.72. The fourth-order valence-corrected chi connectivity index (χ4v) is 4.24. The maximum absolute atomic E-state index is 12.2. The zero-order valence-electron chi connectivity index (χ0n) is 13.2. The molecule has 1 saturated heterocycles. The lowest BCUT2D eigenvalue weighted by Gasteiger charge is -2.47. The third kappa shape index (κ3) is 2.35. The van der Waals surface area contributed by atoms with Gasteiger partial charge in [0.2, 0.25) is 0 Å². The lowest BCUT2D eigenvalue weighted by molar-refractivity contribution is -0.175. The lowest BCUT2D eigenvalue weighted by Crippen LogP contribution is -2.55. The van der Waals surface area contributed by atoms with Crippen LogP contribution >= 0.6 is 11.6 Å². The zero-order valence-corrected chi connectivity index (χ0v) is 13.9. The molecule has 1 aromatic rings. The summed E-state index contributed by atoms with van der Waals surface area (Å²) in [5, 5.41) is 15.0. The van der Waals surface area contributed by atoms with Gasteiger partial charge >= 0.3 is 5.97 Å². The van der Waals surface area contributed by atoms with Crippen LogP contribution in [-0.4, -0.2) is 33.1 Å². The van der Waals surface area contributed by atoms with Crippen LogP contribution < -0.4 is 0 Å². The van der Waals surface area contributed by atoms with Crippen LogP contribution in [0.2, 0.25) is 5.02 Å². The van der Waals surface area contributed by atoms with E-state index in [1.807, 2.05) is 13.8 Å². The topological polar surface area (TPSA) is 64.4 Å². The molecule has 22 heavy (non-hydrogen) atoms. The molecule has 1 N–H and O–H groups in total. The van der Waals surface area contributed by atoms with E-state index in [0.29, 0.717) is 30.2 Å². The van der Waals surface area contributed by atoms with Crippen molar-refractivity contribution in [1.29, 1.82) is 0 Å². The predicted octanol–water partition coefficient (Wildman–Crippen LogP) is 3.45. The Morgan fingerprint density at radius 2 is 1.95 bits per heavy atom. The summed E-state index contributed by atoms with van der Waals surface area (Å²) < 4.78 is 7.72. The first-order valence-electron chi connectivity index (χ1n) is 8.00. The number of carboxylic acid groups (broad SMARTS) is 1. The average molecular weight is 327 g/mol. The average Bonchev–Trinajstić information content (AvgIpc) is 2.76. The highest BCUT2D eigenvalue weighted by molar-refractivity contribution is 6.31. The molecule has 1 atom stereocenters. The van der Waals surface area contributed by atoms with E-state index in [1.165, 1.54) is 6.42 Å². The Labute approximate surface area is 135 Å². The minimum Gasteiger partial charge on any atom is -0.479 e. The van der Waals surface area contributed by atoms with Gasteiger partial charge in [0.25, 0.3) is 0 Å². The Hall–Kier alpha value is -1.07. The first-order chi connectivity index (χ1) is 10.4. The van der Waals surface area contributed by atoms with E-state index in [0.717, 1.165) is 31.4 Å². The van der Waals surface area contributed by atoms with Crippen LogP contribution in [-0.2, 0) is 15.1 Å². The molecule has 5 nitrogen and oxygen atoms in total. The summed E-state index contributed by atoms with van der Waals surface area (Å²) in [6.45, 7) is 4.12. The molecule has 2 heterocycles. The number of nitrogens with zero attached hydrogens (tertiary/aromatic N) is 2. The summed E-state index contributed by atoms with van der Waals surface area (Å²) in [6.07, 6.45) is 6.21. The number of ether oxygens (including phenoxy) is 1. The maximum atomic E-state index is 12.2. The van der Waals surface area contributed by atoms with Crippen LogP contribution in [0, 0.1) is 13.8 Å². The summed E-state index contributed by atoms with van der Waals surface area (Å²) in [7, 11) is 0. The summed E-state index contributed by atoms with van der Waals surface area (Å²) in [5.41, 5.74) is 0.0593. The molecular weight excluding hydrogens is 304 g/mol. The number of carboxylic acids is 1. The van der Waals surface area contributed by atoms with Gasteiger partial charge in [-0.25, -0.2) is 4.79 Å². The Balaban J connectivity index is 2.04. The van der Waals surface area contributed by atoms with Gasteiger partial charge in [0.15, 0.2) is 5.54 Å². The maximum Gasteiger partial charge on any atom is 0.331 e. The molecule has 1 spiro atoms. The van der Waals surface area contributed by atoms with Crippen LogP contribution in [0.4, 0.5) is 0 Å². The van der Waals surface area contributed by atoms with Gasteiger partial charge in [0.05, 0.1) is 28.6 Å². The van der Waals surface area contributed by atoms with Crippen molar-refractivity contribution in [1.82, 2.24) is 9.78 Å². The Morgan fingerprint density at radius 1 is 1.27 bits per heavy atom. The Kier molecular flexibility index (Phi) is 3.98. The second-order valence-corrected chi connectivity index (χ2v) is 7.13. The van der Waals surface area contributed by atoms with E-state index >= 15 is 0 Å². The van der Waals surface area contributed by atoms with Gasteiger partial charge in [-0.2, -0.15) is 5.10 Å². The number of aromatic nitrogens is 2. The molecule has 1 aliphatic carbocycles. The molecule has 3 rings (SSSR count). The van der Waals surface area contributed by atoms with Gasteiger partial charge in [0, 0.05) is 12.8 Å². The van der Waals surface area contributed by atoms with E-state index in [4.69, 9.17) is 16.3 Å². The van der Waals surface area contributed by atoms with Crippen molar-refractivity contribution in [2.75, 3.05) is 6.61 Å². The van der Waals surface area contributed by atoms with E-state index in [9.17, 15) is 9.90 Å². The smallest absolute Gasteiger partial charge is 0.331 e. The minimum atomic E-state index is -1.04. The number of hydrogen-bond donors (Lipinski definition) is 1. The van der Waals surface area contributed by atoms with Crippen LogP contribution in [0.15, 0.2) is 0 Å². The number of halogens is 1. The van der Waals surface area contributed by atoms with Crippen molar-refractivity contribution in [3.63, 3.8) is 0 Å². The number of aliphatic carboxylic acids is 1. The number of hydrogen-bond acceptors (Lipinski definition) is 3. The van der Waals surface area contributed by atoms with E-state index in [1.54, 1.807) is 4.68 Å². The molecule has 0 bridgehead atoms. The molecule has 2 aliphatic rings. The normalized spacial score (nSPS) is 28.0. The number of rotatable bonds is 2. The van der Waals surface area contributed by atoms with Crippen molar-refractivity contribution in [3.8, 4) is 0 Å². The van der Waals surface area contributed by atoms with Gasteiger partial charge in [0.1, 0.15) is 0 Å². The molecule has 2 fully saturated rings. The van der Waals surface area contributed by atoms with Crippen LogP contribution in [0.3, 0.4) is 0 Å². The molecule has 0 radical (unpaired) electrons. The highest BCUT2D eigenvalue weighted by Gasteiger charge is 2.53. The van der Waals surface area contributed by atoms with Gasteiger partial charge < -0.3 is 9.84 Å². The first kappa shape index (κ1) is 15.8. The molecule has 1 saturated carbocycles. The summed E-state index contributed by atoms with van der Waals surface area (Å²) in [6, 6.07) is 0. The number of carbonyl (C=O) groups is 1. The largest absolute Gasteiger partial charge is 0.479 e. The highest BCUT2D eigenvalue weighted by Crippen LogP contribution is 2.46. The fourth-order valence-electron chi connectivity index (χ4n) is 4.12. The first-order valence-corrected chi connectivity index (χ1v) is 8.38. The highest BCUT2D eigenvalue weighted by atomic mass is 35.5. The zero-order chi connectivity index (χ0) is 16.0. The monoisotopic (exact) mass is 326 g/mol. The molecular formula is C16H23ClN2O3. The van der Waals surface area contributed by atoms with Crippen LogP contribution in [0.5, 0.6) is 0 Å². The predicted molar refractivity (Wildman–Crippen MR) is 83.3 cm³/mol. The quantitative estimate of drug-likeness (QED) is 0.904. The van der Waals surface area contributed by atoms with Crippen molar-refractivity contribution in [2.45, 2.75) is 69.9 Å². The van der Waals surface area contributed by atoms with Crippen molar-refractivity contribution in [3.05, 3.63) is 16.4 Å². The van der Waals surface area contributed by atoms with Crippen molar-refractivity contribution >= 4 is 17.6 Å². The third-order valence-corrected chi connectivity index (χ3v) is 5.86. The molecule has 1 aromatic heterocycles. The minimum absolute atomic E-state index is 0.312. The van der Waals surface area contributed by atoms with Gasteiger partial charge in [-0.1, -0.05) is 30.9 Å². The van der Waals surface area contributed by atoms with Gasteiger partial charge in [-0.15, -0.1) is 0 Å². The Morgan fingerprint density at radius 3 is 2.50 bits per heavy atom. The molecule has 1 aliphatic heterocycles. The summed E-state index contributed by atoms with van der Waals surface area (Å²) >= 11 is 6.25. The SMILES string of the molecule is Cc1nn(C2(C(=O)O)CCOC3(CCCCC3)C2)c(C)c1Cl. The van der Waals surface area contributed by atoms with E-state index in [2.05, 4.69) is 5.10 Å². The fraction of sp³-hybridized carbons (Fsp3) is 0.750. The van der Waals surface area contributed by atoms with E-state index in [-0.39, 0.29) is 5.60 Å². The standard InChI is InChI=1S/C16H23ClN2O3/c1-11-13(17)12(2)19(18-11)16(14(20)21)8-9-22-15(10-16)6-4-3-5-7-15/h3-10H2,1-2H3,(H,20,21). The summed E-state index contributed by atoms with van der Waals surface area (Å²) in [4.78, 5) is 12.2. The summed E-state index contributed by atoms with van der Waals surface area (Å²) in [5.74, 6) is -0.831. The third-order valence-electron chi connectivity index (χ3n) is 5.31. The molecule has 0 aromatic carbocycles. The van der Waals surface area contributed by atoms with Gasteiger partial charge in [-0.05, 0) is 26.7 Å². The van der Waals surface area contributed by atoms with Crippen LogP contribution in [0.1, 0.15) is 56.3 Å². The van der Waals surface area contributed by atoms with E-state index < -0.39 is 11.5 Å². The van der Waals surface area contributed by atoms with Crippen LogP contribution in [0.25, 0.3) is 0 Å². The number of aryl methyl sites for hydroxylation is 1. The van der Waals surface area contributed by atoms with Crippen molar-refractivity contribution in [2.24, 2.45) is 0 Å². The van der Waals surface area contributed by atoms with Crippen molar-refractivity contribution < 1.29 is 14.6 Å². The molecule has 6 heteroatoms. The molecule has 122 valence electrons. The molecule has 0 amide bonds. The van der Waals surface area contributed by atoms with Gasteiger partial charge in [-0.3, -0.25) is 4.68 Å². The Bertz CT molecular complexity index is 587. The second-order valence-electron chi connectivity index (χ2n) is 6.75.